The Hall–Kier alpha value is -1.45. The molecule has 1 aromatic rings. The SMILES string of the molecule is CCCCCCC(C)(C)c1ccccc1/C=C/[C@@H](O)[C@@H](O)CCCC(C)=O. The van der Waals surface area contributed by atoms with E-state index in [1.54, 1.807) is 13.0 Å². The van der Waals surface area contributed by atoms with Crippen molar-refractivity contribution in [1.82, 2.24) is 0 Å². The Bertz CT molecular complexity index is 589. The highest BCUT2D eigenvalue weighted by molar-refractivity contribution is 5.75. The van der Waals surface area contributed by atoms with E-state index in [2.05, 4.69) is 39.0 Å². The summed E-state index contributed by atoms with van der Waals surface area (Å²) in [7, 11) is 0. The molecule has 0 fully saturated rings. The number of aliphatic hydroxyl groups is 2. The highest BCUT2D eigenvalue weighted by atomic mass is 16.3. The standard InChI is InChI=1S/C24H38O3/c1-5-6-7-10-18-24(3,4)21-14-9-8-13-20(21)16-17-23(27)22(26)15-11-12-19(2)25/h8-9,13-14,16-17,22-23,26-27H,5-7,10-12,15,18H2,1-4H3/b17-16+/t22-,23+/m0/s1. The first kappa shape index (κ1) is 23.6. The van der Waals surface area contributed by atoms with Gasteiger partial charge in [-0.15, -0.1) is 0 Å². The Balaban J connectivity index is 2.74. The van der Waals surface area contributed by atoms with Crippen LogP contribution >= 0.6 is 0 Å². The number of aliphatic hydroxyl groups excluding tert-OH is 2. The van der Waals surface area contributed by atoms with Crippen LogP contribution in [-0.4, -0.2) is 28.2 Å². The van der Waals surface area contributed by atoms with Gasteiger partial charge >= 0.3 is 0 Å². The van der Waals surface area contributed by atoms with Crippen molar-refractivity contribution in [2.24, 2.45) is 0 Å². The molecule has 0 amide bonds. The molecule has 0 spiro atoms. The average Bonchev–Trinajstić information content (AvgIpc) is 2.63. The van der Waals surface area contributed by atoms with Gasteiger partial charge in [0, 0.05) is 6.42 Å². The number of carbonyl (C=O) groups excluding carboxylic acids is 1. The number of rotatable bonds is 13. The first-order valence-electron chi connectivity index (χ1n) is 10.4. The van der Waals surface area contributed by atoms with E-state index in [-0.39, 0.29) is 11.2 Å². The van der Waals surface area contributed by atoms with E-state index in [0.717, 1.165) is 12.0 Å². The third-order valence-electron chi connectivity index (χ3n) is 5.24. The minimum absolute atomic E-state index is 0.0692. The summed E-state index contributed by atoms with van der Waals surface area (Å²) in [4.78, 5) is 11.0. The summed E-state index contributed by atoms with van der Waals surface area (Å²) in [6.07, 6.45) is 9.45. The molecule has 27 heavy (non-hydrogen) atoms. The third-order valence-corrected chi connectivity index (χ3v) is 5.24. The zero-order valence-electron chi connectivity index (χ0n) is 17.6. The van der Waals surface area contributed by atoms with Crippen molar-refractivity contribution in [3.63, 3.8) is 0 Å². The second-order valence-corrected chi connectivity index (χ2v) is 8.29. The lowest BCUT2D eigenvalue weighted by atomic mass is 9.77. The molecule has 1 rings (SSSR count). The fourth-order valence-corrected chi connectivity index (χ4v) is 3.45. The van der Waals surface area contributed by atoms with E-state index < -0.39 is 12.2 Å². The molecule has 0 bridgehead atoms. The van der Waals surface area contributed by atoms with Gasteiger partial charge in [-0.05, 0) is 42.7 Å². The molecule has 3 heteroatoms. The Morgan fingerprint density at radius 2 is 1.81 bits per heavy atom. The zero-order valence-corrected chi connectivity index (χ0v) is 17.6. The molecule has 0 saturated carbocycles. The van der Waals surface area contributed by atoms with Crippen LogP contribution in [0.4, 0.5) is 0 Å². The predicted molar refractivity (Wildman–Crippen MR) is 114 cm³/mol. The number of carbonyl (C=O) groups is 1. The molecule has 152 valence electrons. The van der Waals surface area contributed by atoms with Gasteiger partial charge in [-0.25, -0.2) is 0 Å². The maximum Gasteiger partial charge on any atom is 0.129 e. The molecule has 0 radical (unpaired) electrons. The van der Waals surface area contributed by atoms with E-state index in [9.17, 15) is 15.0 Å². The smallest absolute Gasteiger partial charge is 0.129 e. The topological polar surface area (TPSA) is 57.5 Å². The number of hydrogen-bond acceptors (Lipinski definition) is 3. The number of ketones is 1. The maximum atomic E-state index is 11.0. The van der Waals surface area contributed by atoms with Crippen molar-refractivity contribution in [3.8, 4) is 0 Å². The lowest BCUT2D eigenvalue weighted by Gasteiger charge is -2.27. The van der Waals surface area contributed by atoms with Crippen LogP contribution in [0.1, 0.15) is 90.2 Å². The molecule has 3 nitrogen and oxygen atoms in total. The summed E-state index contributed by atoms with van der Waals surface area (Å²) in [6.45, 7) is 8.33. The lowest BCUT2D eigenvalue weighted by molar-refractivity contribution is -0.117. The molecule has 0 unspecified atom stereocenters. The van der Waals surface area contributed by atoms with Crippen LogP contribution in [0.25, 0.3) is 6.08 Å². The Morgan fingerprint density at radius 3 is 2.48 bits per heavy atom. The summed E-state index contributed by atoms with van der Waals surface area (Å²) < 4.78 is 0. The van der Waals surface area contributed by atoms with Gasteiger partial charge in [-0.1, -0.05) is 82.9 Å². The van der Waals surface area contributed by atoms with Crippen molar-refractivity contribution in [2.75, 3.05) is 0 Å². The average molecular weight is 375 g/mol. The number of benzene rings is 1. The fourth-order valence-electron chi connectivity index (χ4n) is 3.45. The Kier molecular flexibility index (Phi) is 10.6. The number of Topliss-reactive ketones (excluding diaryl/α,β-unsaturated/α-hetero) is 1. The molecule has 0 aliphatic heterocycles. The second-order valence-electron chi connectivity index (χ2n) is 8.29. The van der Waals surface area contributed by atoms with Crippen LogP contribution in [-0.2, 0) is 10.2 Å². The summed E-state index contributed by atoms with van der Waals surface area (Å²) in [6, 6.07) is 8.29. The van der Waals surface area contributed by atoms with Crippen LogP contribution in [0.2, 0.25) is 0 Å². The first-order chi connectivity index (χ1) is 12.8. The molecule has 0 aliphatic rings. The van der Waals surface area contributed by atoms with Crippen LogP contribution in [0.3, 0.4) is 0 Å². The van der Waals surface area contributed by atoms with Gasteiger partial charge in [0.05, 0.1) is 12.2 Å². The van der Waals surface area contributed by atoms with Crippen LogP contribution in [0.15, 0.2) is 30.3 Å². The van der Waals surface area contributed by atoms with Crippen molar-refractivity contribution >= 4 is 11.9 Å². The van der Waals surface area contributed by atoms with Gasteiger partial charge in [-0.3, -0.25) is 0 Å². The molecule has 2 N–H and O–H groups in total. The normalized spacial score (nSPS) is 14.4. The van der Waals surface area contributed by atoms with Crippen molar-refractivity contribution in [3.05, 3.63) is 41.5 Å². The van der Waals surface area contributed by atoms with Gasteiger partial charge in [0.2, 0.25) is 0 Å². The molecule has 0 aliphatic carbocycles. The molecule has 0 aromatic heterocycles. The van der Waals surface area contributed by atoms with E-state index in [1.165, 1.54) is 31.2 Å². The minimum atomic E-state index is -0.919. The molecular weight excluding hydrogens is 336 g/mol. The van der Waals surface area contributed by atoms with E-state index in [1.807, 2.05) is 12.1 Å². The summed E-state index contributed by atoms with van der Waals surface area (Å²) in [5, 5.41) is 20.3. The number of hydrogen-bond donors (Lipinski definition) is 2. The van der Waals surface area contributed by atoms with Crippen molar-refractivity contribution in [1.29, 1.82) is 0 Å². The van der Waals surface area contributed by atoms with Gasteiger partial charge in [0.15, 0.2) is 0 Å². The van der Waals surface area contributed by atoms with Gasteiger partial charge < -0.3 is 15.0 Å². The number of unbranched alkanes of at least 4 members (excludes halogenated alkanes) is 3. The molecule has 2 atom stereocenters. The van der Waals surface area contributed by atoms with E-state index in [0.29, 0.717) is 19.3 Å². The van der Waals surface area contributed by atoms with Gasteiger partial charge in [0.1, 0.15) is 5.78 Å². The monoisotopic (exact) mass is 374 g/mol. The van der Waals surface area contributed by atoms with Gasteiger partial charge in [-0.2, -0.15) is 0 Å². The quantitative estimate of drug-likeness (QED) is 0.453. The van der Waals surface area contributed by atoms with E-state index >= 15 is 0 Å². The fraction of sp³-hybridized carbons (Fsp3) is 0.625. The summed E-state index contributed by atoms with van der Waals surface area (Å²) in [5.41, 5.74) is 2.43. The second kappa shape index (κ2) is 12.1. The zero-order chi connectivity index (χ0) is 20.3. The summed E-state index contributed by atoms with van der Waals surface area (Å²) in [5.74, 6) is 0.113. The Morgan fingerprint density at radius 1 is 1.11 bits per heavy atom. The highest BCUT2D eigenvalue weighted by Gasteiger charge is 2.22. The first-order valence-corrected chi connectivity index (χ1v) is 10.4. The molecule has 1 aromatic carbocycles. The van der Waals surface area contributed by atoms with Crippen molar-refractivity contribution in [2.45, 2.75) is 96.7 Å². The minimum Gasteiger partial charge on any atom is -0.390 e. The van der Waals surface area contributed by atoms with Crippen molar-refractivity contribution < 1.29 is 15.0 Å². The molecular formula is C24H38O3. The third kappa shape index (κ3) is 8.85. The van der Waals surface area contributed by atoms with Crippen LogP contribution in [0, 0.1) is 0 Å². The lowest BCUT2D eigenvalue weighted by Crippen LogP contribution is -2.24. The highest BCUT2D eigenvalue weighted by Crippen LogP contribution is 2.32. The molecule has 0 saturated heterocycles. The maximum absolute atomic E-state index is 11.0. The predicted octanol–water partition coefficient (Wildman–Crippen LogP) is 5.43. The summed E-state index contributed by atoms with van der Waals surface area (Å²) >= 11 is 0. The largest absolute Gasteiger partial charge is 0.390 e. The van der Waals surface area contributed by atoms with Crippen LogP contribution in [0.5, 0.6) is 0 Å². The van der Waals surface area contributed by atoms with Gasteiger partial charge in [0.25, 0.3) is 0 Å². The molecule has 0 heterocycles. The van der Waals surface area contributed by atoms with Crippen LogP contribution < -0.4 is 0 Å². The van der Waals surface area contributed by atoms with E-state index in [4.69, 9.17) is 0 Å². The Labute approximate surface area is 165 Å².